The van der Waals surface area contributed by atoms with E-state index in [1.807, 2.05) is 18.2 Å². The number of carbonyl (C=O) groups is 1. The summed E-state index contributed by atoms with van der Waals surface area (Å²) in [4.78, 5) is 12.0. The molecule has 0 atom stereocenters. The molecule has 2 aromatic carbocycles. The molecule has 0 unspecified atom stereocenters. The molecule has 0 spiro atoms. The van der Waals surface area contributed by atoms with E-state index >= 15 is 0 Å². The molecule has 22 heavy (non-hydrogen) atoms. The van der Waals surface area contributed by atoms with Crippen molar-refractivity contribution in [2.24, 2.45) is 0 Å². The first-order valence-electron chi connectivity index (χ1n) is 7.12. The average Bonchev–Trinajstić information content (AvgIpc) is 2.49. The molecule has 0 bridgehead atoms. The van der Waals surface area contributed by atoms with Gasteiger partial charge in [-0.25, -0.2) is 4.39 Å². The Kier molecular flexibility index (Phi) is 5.39. The van der Waals surface area contributed by atoms with Gasteiger partial charge in [0.15, 0.2) is 0 Å². The number of nitrogens with one attached hydrogen (secondary N) is 2. The fourth-order valence-corrected chi connectivity index (χ4v) is 2.55. The van der Waals surface area contributed by atoms with E-state index in [-0.39, 0.29) is 30.6 Å². The van der Waals surface area contributed by atoms with Crippen LogP contribution in [-0.4, -0.2) is 12.5 Å². The van der Waals surface area contributed by atoms with Crippen LogP contribution in [-0.2, 0) is 17.6 Å². The van der Waals surface area contributed by atoms with Gasteiger partial charge >= 0.3 is 0 Å². The molecule has 0 saturated heterocycles. The molecule has 116 valence electrons. The Morgan fingerprint density at radius 3 is 2.73 bits per heavy atom. The third kappa shape index (κ3) is 3.98. The van der Waals surface area contributed by atoms with Gasteiger partial charge in [-0.3, -0.25) is 4.79 Å². The van der Waals surface area contributed by atoms with Crippen LogP contribution in [0.2, 0.25) is 0 Å². The Labute approximate surface area is 135 Å². The molecule has 0 aliphatic carbocycles. The third-order valence-corrected chi connectivity index (χ3v) is 3.61. The van der Waals surface area contributed by atoms with Gasteiger partial charge in [0.25, 0.3) is 0 Å². The first-order chi connectivity index (χ1) is 10.2. The maximum absolute atomic E-state index is 12.8. The molecule has 3 nitrogen and oxygen atoms in total. The van der Waals surface area contributed by atoms with Crippen LogP contribution in [0.15, 0.2) is 42.5 Å². The minimum Gasteiger partial charge on any atom is -0.385 e. The minimum atomic E-state index is -0.290. The second-order valence-corrected chi connectivity index (χ2v) is 5.25. The monoisotopic (exact) mass is 320 g/mol. The summed E-state index contributed by atoms with van der Waals surface area (Å²) in [5.41, 5.74) is 4.00. The van der Waals surface area contributed by atoms with Crippen molar-refractivity contribution in [3.05, 3.63) is 59.4 Å². The first kappa shape index (κ1) is 16.3. The highest BCUT2D eigenvalue weighted by molar-refractivity contribution is 5.92. The molecule has 1 aliphatic rings. The molecule has 1 aliphatic heterocycles. The maximum atomic E-state index is 12.8. The standard InChI is InChI=1S/C17H17FN2O.ClH/c18-14-5-3-12(4-6-14)10-17(21)20-15-7-8-16-13(11-15)2-1-9-19-16;/h3-8,11,19H,1-2,9-10H2,(H,20,21);1H. The number of halogens is 2. The van der Waals surface area contributed by atoms with Crippen molar-refractivity contribution in [2.45, 2.75) is 19.3 Å². The van der Waals surface area contributed by atoms with Crippen molar-refractivity contribution < 1.29 is 9.18 Å². The zero-order chi connectivity index (χ0) is 14.7. The molecule has 0 radical (unpaired) electrons. The molecule has 2 N–H and O–H groups in total. The molecule has 1 heterocycles. The molecule has 1 amide bonds. The Morgan fingerprint density at radius 1 is 1.18 bits per heavy atom. The summed E-state index contributed by atoms with van der Waals surface area (Å²) >= 11 is 0. The van der Waals surface area contributed by atoms with Crippen molar-refractivity contribution >= 4 is 29.7 Å². The Bertz CT molecular complexity index is 658. The number of hydrogen-bond donors (Lipinski definition) is 2. The number of carbonyl (C=O) groups excluding carboxylic acids is 1. The Balaban J connectivity index is 0.00000176. The van der Waals surface area contributed by atoms with E-state index in [0.29, 0.717) is 0 Å². The van der Waals surface area contributed by atoms with Gasteiger partial charge < -0.3 is 10.6 Å². The first-order valence-corrected chi connectivity index (χ1v) is 7.12. The highest BCUT2D eigenvalue weighted by Crippen LogP contribution is 2.25. The van der Waals surface area contributed by atoms with Crippen LogP contribution < -0.4 is 10.6 Å². The lowest BCUT2D eigenvalue weighted by atomic mass is 10.0. The fourth-order valence-electron chi connectivity index (χ4n) is 2.55. The fraction of sp³-hybridized carbons (Fsp3) is 0.235. The number of aryl methyl sites for hydroxylation is 1. The number of anilines is 2. The van der Waals surface area contributed by atoms with Crippen molar-refractivity contribution in [2.75, 3.05) is 17.2 Å². The smallest absolute Gasteiger partial charge is 0.228 e. The van der Waals surface area contributed by atoms with Gasteiger partial charge in [-0.1, -0.05) is 12.1 Å². The largest absolute Gasteiger partial charge is 0.385 e. The number of rotatable bonds is 3. The van der Waals surface area contributed by atoms with Crippen LogP contribution >= 0.6 is 12.4 Å². The lowest BCUT2D eigenvalue weighted by Crippen LogP contribution is -2.16. The predicted octanol–water partition coefficient (Wildman–Crippen LogP) is 3.79. The van der Waals surface area contributed by atoms with E-state index in [9.17, 15) is 9.18 Å². The van der Waals surface area contributed by atoms with E-state index in [1.165, 1.54) is 17.7 Å². The van der Waals surface area contributed by atoms with Crippen LogP contribution in [0.4, 0.5) is 15.8 Å². The number of amides is 1. The summed E-state index contributed by atoms with van der Waals surface area (Å²) in [6.45, 7) is 1.00. The average molecular weight is 321 g/mol. The zero-order valence-electron chi connectivity index (χ0n) is 12.1. The molecule has 0 saturated carbocycles. The summed E-state index contributed by atoms with van der Waals surface area (Å²) in [6.07, 6.45) is 2.39. The van der Waals surface area contributed by atoms with E-state index in [1.54, 1.807) is 12.1 Å². The van der Waals surface area contributed by atoms with Gasteiger partial charge in [0.05, 0.1) is 6.42 Å². The normalized spacial score (nSPS) is 12.6. The predicted molar refractivity (Wildman–Crippen MR) is 89.2 cm³/mol. The molecular formula is C17H18ClFN2O. The second kappa shape index (κ2) is 7.27. The van der Waals surface area contributed by atoms with E-state index < -0.39 is 0 Å². The molecule has 2 aromatic rings. The van der Waals surface area contributed by atoms with Crippen molar-refractivity contribution in [3.63, 3.8) is 0 Å². The van der Waals surface area contributed by atoms with Gasteiger partial charge in [-0.2, -0.15) is 0 Å². The maximum Gasteiger partial charge on any atom is 0.228 e. The summed E-state index contributed by atoms with van der Waals surface area (Å²) in [5, 5.41) is 6.23. The Hall–Kier alpha value is -2.07. The van der Waals surface area contributed by atoms with Gasteiger partial charge in [0.1, 0.15) is 5.82 Å². The van der Waals surface area contributed by atoms with Crippen LogP contribution in [0, 0.1) is 5.82 Å². The van der Waals surface area contributed by atoms with Gasteiger partial charge in [-0.15, -0.1) is 12.4 Å². The zero-order valence-corrected chi connectivity index (χ0v) is 12.9. The van der Waals surface area contributed by atoms with Crippen LogP contribution in [0.3, 0.4) is 0 Å². The second-order valence-electron chi connectivity index (χ2n) is 5.25. The SMILES string of the molecule is Cl.O=C(Cc1ccc(F)cc1)Nc1ccc2c(c1)CCCN2. The van der Waals surface area contributed by atoms with Crippen molar-refractivity contribution in [3.8, 4) is 0 Å². The lowest BCUT2D eigenvalue weighted by Gasteiger charge is -2.18. The quantitative estimate of drug-likeness (QED) is 0.903. The van der Waals surface area contributed by atoms with Gasteiger partial charge in [0.2, 0.25) is 5.91 Å². The highest BCUT2D eigenvalue weighted by Gasteiger charge is 2.10. The van der Waals surface area contributed by atoms with Crippen molar-refractivity contribution in [1.29, 1.82) is 0 Å². The molecule has 5 heteroatoms. The lowest BCUT2D eigenvalue weighted by molar-refractivity contribution is -0.115. The molecule has 0 fully saturated rings. The highest BCUT2D eigenvalue weighted by atomic mass is 35.5. The van der Waals surface area contributed by atoms with E-state index in [4.69, 9.17) is 0 Å². The number of benzene rings is 2. The Morgan fingerprint density at radius 2 is 1.95 bits per heavy atom. The van der Waals surface area contributed by atoms with E-state index in [0.717, 1.165) is 36.3 Å². The topological polar surface area (TPSA) is 41.1 Å². The van der Waals surface area contributed by atoms with Crippen LogP contribution in [0.25, 0.3) is 0 Å². The van der Waals surface area contributed by atoms with Gasteiger partial charge in [0, 0.05) is 17.9 Å². The summed E-state index contributed by atoms with van der Waals surface area (Å²) in [7, 11) is 0. The number of hydrogen-bond acceptors (Lipinski definition) is 2. The van der Waals surface area contributed by atoms with Gasteiger partial charge in [-0.05, 0) is 54.3 Å². The van der Waals surface area contributed by atoms with E-state index in [2.05, 4.69) is 10.6 Å². The number of fused-ring (bicyclic) bond motifs is 1. The third-order valence-electron chi connectivity index (χ3n) is 3.61. The van der Waals surface area contributed by atoms with Crippen LogP contribution in [0.5, 0.6) is 0 Å². The molecule has 0 aromatic heterocycles. The summed E-state index contributed by atoms with van der Waals surface area (Å²) in [5.74, 6) is -0.383. The van der Waals surface area contributed by atoms with Crippen LogP contribution in [0.1, 0.15) is 17.5 Å². The van der Waals surface area contributed by atoms with Crippen molar-refractivity contribution in [1.82, 2.24) is 0 Å². The summed E-state index contributed by atoms with van der Waals surface area (Å²) in [6, 6.07) is 11.9. The molecular weight excluding hydrogens is 303 g/mol. The minimum absolute atomic E-state index is 0. The summed E-state index contributed by atoms with van der Waals surface area (Å²) < 4.78 is 12.8. The molecule has 3 rings (SSSR count).